The van der Waals surface area contributed by atoms with Crippen molar-refractivity contribution >= 4 is 13.5 Å². The third-order valence-electron chi connectivity index (χ3n) is 3.19. The number of rotatable bonds is 4. The van der Waals surface area contributed by atoms with E-state index in [4.69, 9.17) is 0 Å². The molecule has 3 heteroatoms. The summed E-state index contributed by atoms with van der Waals surface area (Å²) in [5, 5.41) is 3.40. The lowest BCUT2D eigenvalue weighted by Gasteiger charge is -2.23. The molecule has 0 saturated carbocycles. The summed E-state index contributed by atoms with van der Waals surface area (Å²) in [5.41, 5.74) is 1.40. The van der Waals surface area contributed by atoms with Crippen LogP contribution in [0, 0.1) is 0 Å². The number of nitrogens with one attached hydrogen (secondary N) is 1. The smallest absolute Gasteiger partial charge is 0.0446 e. The molecule has 1 fully saturated rings. The fourth-order valence-corrected chi connectivity index (χ4v) is 2.27. The Balaban J connectivity index is 0.00000128. The molecule has 0 amide bonds. The molecule has 2 nitrogen and oxygen atoms in total. The van der Waals surface area contributed by atoms with Gasteiger partial charge in [0.25, 0.3) is 0 Å². The fraction of sp³-hybridized carbons (Fsp3) is 0.538. The van der Waals surface area contributed by atoms with E-state index in [1.165, 1.54) is 31.5 Å². The molecule has 90 valence electrons. The second-order valence-electron chi connectivity index (χ2n) is 4.26. The highest BCUT2D eigenvalue weighted by molar-refractivity contribution is 7.59. The first kappa shape index (κ1) is 13.6. The van der Waals surface area contributed by atoms with Crippen LogP contribution in [0.3, 0.4) is 0 Å². The molecule has 1 unspecified atom stereocenters. The lowest BCUT2D eigenvalue weighted by molar-refractivity contribution is 0.299. The summed E-state index contributed by atoms with van der Waals surface area (Å²) in [6, 6.07) is 11.2. The number of benzene rings is 1. The highest BCUT2D eigenvalue weighted by atomic mass is 32.1. The van der Waals surface area contributed by atoms with Crippen LogP contribution in [0.25, 0.3) is 0 Å². The maximum atomic E-state index is 3.40. The van der Waals surface area contributed by atoms with Crippen molar-refractivity contribution in [2.45, 2.75) is 18.9 Å². The molecular formula is C13H22N2S. The summed E-state index contributed by atoms with van der Waals surface area (Å²) in [4.78, 5) is 2.55. The Hall–Kier alpha value is -0.510. The minimum Gasteiger partial charge on any atom is -0.312 e. The van der Waals surface area contributed by atoms with Gasteiger partial charge in [-0.05, 0) is 38.5 Å². The second-order valence-corrected chi connectivity index (χ2v) is 4.26. The molecule has 1 N–H and O–H groups in total. The minimum absolute atomic E-state index is 0. The zero-order valence-electron chi connectivity index (χ0n) is 9.95. The number of hydrogen-bond donors (Lipinski definition) is 1. The molecule has 0 aromatic heterocycles. The van der Waals surface area contributed by atoms with E-state index in [1.54, 1.807) is 0 Å². The van der Waals surface area contributed by atoms with Crippen molar-refractivity contribution in [1.29, 1.82) is 0 Å². The van der Waals surface area contributed by atoms with Gasteiger partial charge in [0.05, 0.1) is 0 Å². The molecule has 16 heavy (non-hydrogen) atoms. The topological polar surface area (TPSA) is 15.3 Å². The lowest BCUT2D eigenvalue weighted by atomic mass is 10.1. The van der Waals surface area contributed by atoms with Crippen molar-refractivity contribution in [3.8, 4) is 0 Å². The molecule has 1 aliphatic heterocycles. The Morgan fingerprint density at radius 3 is 2.38 bits per heavy atom. The third-order valence-corrected chi connectivity index (χ3v) is 3.19. The number of hydrogen-bond acceptors (Lipinski definition) is 2. The van der Waals surface area contributed by atoms with E-state index < -0.39 is 0 Å². The quantitative estimate of drug-likeness (QED) is 0.865. The van der Waals surface area contributed by atoms with Crippen LogP contribution in [-0.4, -0.2) is 31.6 Å². The van der Waals surface area contributed by atoms with Gasteiger partial charge >= 0.3 is 0 Å². The Morgan fingerprint density at radius 2 is 1.81 bits per heavy atom. The van der Waals surface area contributed by atoms with Gasteiger partial charge in [0.2, 0.25) is 0 Å². The van der Waals surface area contributed by atoms with Crippen LogP contribution in [-0.2, 0) is 0 Å². The molecule has 1 aliphatic rings. The van der Waals surface area contributed by atoms with Crippen molar-refractivity contribution in [2.75, 3.05) is 26.7 Å². The Bertz CT molecular complexity index is 283. The van der Waals surface area contributed by atoms with E-state index in [-0.39, 0.29) is 13.5 Å². The van der Waals surface area contributed by atoms with Crippen molar-refractivity contribution < 1.29 is 0 Å². The molecule has 0 bridgehead atoms. The van der Waals surface area contributed by atoms with E-state index >= 15 is 0 Å². The molecule has 0 radical (unpaired) electrons. The van der Waals surface area contributed by atoms with Crippen LogP contribution in [0.1, 0.15) is 24.4 Å². The van der Waals surface area contributed by atoms with Gasteiger partial charge < -0.3 is 10.2 Å². The maximum Gasteiger partial charge on any atom is 0.0446 e. The second kappa shape index (κ2) is 6.94. The summed E-state index contributed by atoms with van der Waals surface area (Å²) in [5.74, 6) is 0. The minimum atomic E-state index is 0. The van der Waals surface area contributed by atoms with Crippen molar-refractivity contribution in [1.82, 2.24) is 10.2 Å². The van der Waals surface area contributed by atoms with E-state index in [0.29, 0.717) is 6.04 Å². The average Bonchev–Trinajstić information content (AvgIpc) is 2.80. The summed E-state index contributed by atoms with van der Waals surface area (Å²) >= 11 is 0. The maximum absolute atomic E-state index is 3.40. The molecular weight excluding hydrogens is 216 g/mol. The van der Waals surface area contributed by atoms with Crippen molar-refractivity contribution in [3.05, 3.63) is 35.9 Å². The molecule has 1 heterocycles. The highest BCUT2D eigenvalue weighted by Gasteiger charge is 2.17. The molecule has 1 aromatic carbocycles. The van der Waals surface area contributed by atoms with Gasteiger partial charge in [-0.2, -0.15) is 13.5 Å². The first-order chi connectivity index (χ1) is 7.40. The molecule has 0 spiro atoms. The van der Waals surface area contributed by atoms with Gasteiger partial charge in [0.1, 0.15) is 0 Å². The molecule has 1 saturated heterocycles. The Morgan fingerprint density at radius 1 is 1.19 bits per heavy atom. The first-order valence-electron chi connectivity index (χ1n) is 5.84. The zero-order valence-corrected chi connectivity index (χ0v) is 10.9. The van der Waals surface area contributed by atoms with Crippen LogP contribution in [0.5, 0.6) is 0 Å². The van der Waals surface area contributed by atoms with Gasteiger partial charge in [-0.15, -0.1) is 0 Å². The van der Waals surface area contributed by atoms with Crippen LogP contribution in [0.4, 0.5) is 0 Å². The van der Waals surface area contributed by atoms with Gasteiger partial charge in [0, 0.05) is 12.6 Å². The van der Waals surface area contributed by atoms with E-state index in [9.17, 15) is 0 Å². The highest BCUT2D eigenvalue weighted by Crippen LogP contribution is 2.16. The van der Waals surface area contributed by atoms with Crippen LogP contribution in [0.15, 0.2) is 30.3 Å². The summed E-state index contributed by atoms with van der Waals surface area (Å²) < 4.78 is 0. The molecule has 2 rings (SSSR count). The van der Waals surface area contributed by atoms with Crippen LogP contribution < -0.4 is 5.32 Å². The Labute approximate surface area is 105 Å². The largest absolute Gasteiger partial charge is 0.312 e. The van der Waals surface area contributed by atoms with Gasteiger partial charge in [-0.25, -0.2) is 0 Å². The van der Waals surface area contributed by atoms with E-state index in [1.807, 2.05) is 7.05 Å². The first-order valence-corrected chi connectivity index (χ1v) is 5.84. The summed E-state index contributed by atoms with van der Waals surface area (Å²) in [6.07, 6.45) is 2.73. The lowest BCUT2D eigenvalue weighted by Crippen LogP contribution is -2.31. The van der Waals surface area contributed by atoms with Crippen molar-refractivity contribution in [3.63, 3.8) is 0 Å². The SMILES string of the molecule is CNC(CN1CCCC1)c1ccccc1.S. The number of nitrogens with zero attached hydrogens (tertiary/aromatic N) is 1. The van der Waals surface area contributed by atoms with Crippen molar-refractivity contribution in [2.24, 2.45) is 0 Å². The average molecular weight is 238 g/mol. The summed E-state index contributed by atoms with van der Waals surface area (Å²) in [6.45, 7) is 3.68. The van der Waals surface area contributed by atoms with Crippen LogP contribution in [0.2, 0.25) is 0 Å². The normalized spacial score (nSPS) is 18.1. The predicted octanol–water partition coefficient (Wildman–Crippen LogP) is 2.16. The summed E-state index contributed by atoms with van der Waals surface area (Å²) in [7, 11) is 2.05. The van der Waals surface area contributed by atoms with Gasteiger partial charge in [0.15, 0.2) is 0 Å². The third kappa shape index (κ3) is 3.51. The standard InChI is InChI=1S/C13H20N2.H2S/c1-14-13(11-15-9-5-6-10-15)12-7-3-2-4-8-12;/h2-4,7-8,13-14H,5-6,9-11H2,1H3;1H2. The fourth-order valence-electron chi connectivity index (χ4n) is 2.27. The Kier molecular flexibility index (Phi) is 5.88. The predicted molar refractivity (Wildman–Crippen MR) is 74.3 cm³/mol. The number of likely N-dealkylation sites (tertiary alicyclic amines) is 1. The van der Waals surface area contributed by atoms with Gasteiger partial charge in [-0.3, -0.25) is 0 Å². The van der Waals surface area contributed by atoms with E-state index in [0.717, 1.165) is 6.54 Å². The monoisotopic (exact) mass is 238 g/mol. The number of likely N-dealkylation sites (N-methyl/N-ethyl adjacent to an activating group) is 1. The van der Waals surface area contributed by atoms with E-state index in [2.05, 4.69) is 40.5 Å². The molecule has 1 aromatic rings. The zero-order chi connectivity index (χ0) is 10.5. The van der Waals surface area contributed by atoms with Crippen LogP contribution >= 0.6 is 13.5 Å². The van der Waals surface area contributed by atoms with Gasteiger partial charge in [-0.1, -0.05) is 30.3 Å². The molecule has 0 aliphatic carbocycles. The molecule has 1 atom stereocenters.